The monoisotopic (exact) mass is 234 g/mol. The van der Waals surface area contributed by atoms with E-state index < -0.39 is 0 Å². The Morgan fingerprint density at radius 1 is 1.62 bits per heavy atom. The molecule has 0 aromatic carbocycles. The van der Waals surface area contributed by atoms with Crippen molar-refractivity contribution in [3.05, 3.63) is 25.2 Å². The molecule has 0 unspecified atom stereocenters. The van der Waals surface area contributed by atoms with Crippen LogP contribution in [0.4, 0.5) is 5.95 Å². The lowest BCUT2D eigenvalue weighted by atomic mass is 10.6. The van der Waals surface area contributed by atoms with Gasteiger partial charge in [-0.1, -0.05) is 6.08 Å². The van der Waals surface area contributed by atoms with Crippen LogP contribution in [0, 0.1) is 0 Å². The molecule has 0 aliphatic heterocycles. The molecule has 6 nitrogen and oxygen atoms in total. The average molecular weight is 234 g/mol. The molecule has 0 bridgehead atoms. The van der Waals surface area contributed by atoms with Gasteiger partial charge in [0.05, 0.1) is 6.20 Å². The van der Waals surface area contributed by atoms with Crippen LogP contribution in [0.5, 0.6) is 0 Å². The fraction of sp³-hybridized carbons (Fsp3) is 0.111. The van der Waals surface area contributed by atoms with Gasteiger partial charge in [-0.3, -0.25) is 0 Å². The Labute approximate surface area is 97.2 Å². The van der Waals surface area contributed by atoms with Crippen LogP contribution in [0.2, 0.25) is 0 Å². The summed E-state index contributed by atoms with van der Waals surface area (Å²) in [5.74, 6) is 0.539. The van der Waals surface area contributed by atoms with Crippen LogP contribution in [-0.4, -0.2) is 31.6 Å². The summed E-state index contributed by atoms with van der Waals surface area (Å²) in [6.45, 7) is 4.19. The first kappa shape index (κ1) is 10.5. The van der Waals surface area contributed by atoms with E-state index in [0.717, 1.165) is 5.52 Å². The number of nitrogens with one attached hydrogen (secondary N) is 3. The van der Waals surface area contributed by atoms with E-state index in [1.165, 1.54) is 6.33 Å². The van der Waals surface area contributed by atoms with Crippen LogP contribution in [0.15, 0.2) is 25.2 Å². The molecule has 16 heavy (non-hydrogen) atoms. The van der Waals surface area contributed by atoms with Crippen LogP contribution in [-0.2, 0) is 0 Å². The number of imidazole rings is 1. The van der Waals surface area contributed by atoms with Crippen molar-refractivity contribution in [2.75, 3.05) is 11.9 Å². The van der Waals surface area contributed by atoms with Crippen molar-refractivity contribution in [2.45, 2.75) is 0 Å². The van der Waals surface area contributed by atoms with Crippen molar-refractivity contribution in [1.29, 1.82) is 0 Å². The Morgan fingerprint density at radius 2 is 2.50 bits per heavy atom. The molecule has 2 aromatic rings. The van der Waals surface area contributed by atoms with E-state index in [2.05, 4.69) is 37.1 Å². The molecule has 0 saturated carbocycles. The molecule has 3 N–H and O–H groups in total. The first-order valence-electron chi connectivity index (χ1n) is 4.61. The van der Waals surface area contributed by atoms with Crippen LogP contribution < -0.4 is 10.6 Å². The quantitative estimate of drug-likeness (QED) is 0.539. The van der Waals surface area contributed by atoms with Gasteiger partial charge in [0, 0.05) is 6.54 Å². The highest BCUT2D eigenvalue weighted by Gasteiger charge is 2.03. The summed E-state index contributed by atoms with van der Waals surface area (Å²) >= 11 is 5.04. The van der Waals surface area contributed by atoms with Crippen molar-refractivity contribution in [2.24, 2.45) is 0 Å². The number of aromatic amines is 1. The van der Waals surface area contributed by atoms with Crippen LogP contribution in [0.3, 0.4) is 0 Å². The Morgan fingerprint density at radius 3 is 3.25 bits per heavy atom. The maximum absolute atomic E-state index is 5.04. The van der Waals surface area contributed by atoms with E-state index in [-0.39, 0.29) is 0 Å². The second kappa shape index (κ2) is 4.67. The Bertz CT molecular complexity index is 486. The first-order chi connectivity index (χ1) is 7.79. The first-order valence-corrected chi connectivity index (χ1v) is 5.02. The lowest BCUT2D eigenvalue weighted by Crippen LogP contribution is -2.28. The highest BCUT2D eigenvalue weighted by Crippen LogP contribution is 2.09. The number of aromatic nitrogens is 4. The molecule has 0 atom stereocenters. The smallest absolute Gasteiger partial charge is 0.209 e. The molecule has 7 heteroatoms. The van der Waals surface area contributed by atoms with Gasteiger partial charge in [-0.15, -0.1) is 6.58 Å². The highest BCUT2D eigenvalue weighted by molar-refractivity contribution is 7.80. The van der Waals surface area contributed by atoms with E-state index in [9.17, 15) is 0 Å². The highest BCUT2D eigenvalue weighted by atomic mass is 32.1. The van der Waals surface area contributed by atoms with Gasteiger partial charge < -0.3 is 15.6 Å². The molecular formula is C9H10N6S. The van der Waals surface area contributed by atoms with Crippen molar-refractivity contribution in [3.63, 3.8) is 0 Å². The molecule has 0 amide bonds. The van der Waals surface area contributed by atoms with E-state index in [0.29, 0.717) is 23.3 Å². The Hall–Kier alpha value is -2.02. The summed E-state index contributed by atoms with van der Waals surface area (Å²) in [6, 6.07) is 0. The molecule has 2 heterocycles. The summed E-state index contributed by atoms with van der Waals surface area (Å²) in [7, 11) is 0. The number of rotatable bonds is 3. The van der Waals surface area contributed by atoms with Crippen LogP contribution in [0.1, 0.15) is 0 Å². The molecular weight excluding hydrogens is 224 g/mol. The van der Waals surface area contributed by atoms with Crippen LogP contribution >= 0.6 is 12.2 Å². The minimum Gasteiger partial charge on any atom is -0.359 e. The maximum atomic E-state index is 5.04. The lowest BCUT2D eigenvalue weighted by molar-refractivity contribution is 1.06. The summed E-state index contributed by atoms with van der Waals surface area (Å²) in [5, 5.41) is 6.31. The number of anilines is 1. The van der Waals surface area contributed by atoms with Crippen molar-refractivity contribution in [3.8, 4) is 0 Å². The second-order valence-corrected chi connectivity index (χ2v) is 3.38. The topological polar surface area (TPSA) is 78.5 Å². The fourth-order valence-electron chi connectivity index (χ4n) is 1.14. The number of hydrogen-bond acceptors (Lipinski definition) is 4. The van der Waals surface area contributed by atoms with Gasteiger partial charge in [0.25, 0.3) is 0 Å². The molecule has 0 aliphatic rings. The summed E-state index contributed by atoms with van der Waals surface area (Å²) in [6.07, 6.45) is 4.82. The molecule has 0 fully saturated rings. The molecule has 0 saturated heterocycles. The predicted molar refractivity (Wildman–Crippen MR) is 66.1 cm³/mol. The minimum atomic E-state index is 0.479. The fourth-order valence-corrected chi connectivity index (χ4v) is 1.32. The summed E-state index contributed by atoms with van der Waals surface area (Å²) in [4.78, 5) is 15.1. The predicted octanol–water partition coefficient (Wildman–Crippen LogP) is 0.825. The van der Waals surface area contributed by atoms with E-state index in [1.54, 1.807) is 12.3 Å². The zero-order chi connectivity index (χ0) is 11.4. The summed E-state index contributed by atoms with van der Waals surface area (Å²) < 4.78 is 0. The third kappa shape index (κ3) is 2.31. The number of nitrogens with zero attached hydrogens (tertiary/aromatic N) is 3. The Kier molecular flexibility index (Phi) is 3.06. The molecule has 82 valence electrons. The van der Waals surface area contributed by atoms with E-state index >= 15 is 0 Å². The number of H-pyrrole nitrogens is 1. The Balaban J connectivity index is 2.09. The van der Waals surface area contributed by atoms with Gasteiger partial charge in [-0.05, 0) is 12.2 Å². The van der Waals surface area contributed by atoms with Gasteiger partial charge >= 0.3 is 0 Å². The second-order valence-electron chi connectivity index (χ2n) is 2.97. The van der Waals surface area contributed by atoms with Gasteiger partial charge in [0.2, 0.25) is 5.95 Å². The average Bonchev–Trinajstić information content (AvgIpc) is 2.68. The standard InChI is InChI=1S/C9H10N6S/c1-2-3-11-9(16)15-8-13-6-4-10-5-12-7(6)14-8/h2,4-5H,1,3H2,(H3,10,11,12,13,14,15,16). The van der Waals surface area contributed by atoms with Crippen molar-refractivity contribution in [1.82, 2.24) is 25.3 Å². The van der Waals surface area contributed by atoms with Crippen molar-refractivity contribution < 1.29 is 0 Å². The molecule has 0 spiro atoms. The molecule has 0 aliphatic carbocycles. The third-order valence-electron chi connectivity index (χ3n) is 1.80. The zero-order valence-corrected chi connectivity index (χ0v) is 9.21. The lowest BCUT2D eigenvalue weighted by Gasteiger charge is -2.04. The number of fused-ring (bicyclic) bond motifs is 1. The largest absolute Gasteiger partial charge is 0.359 e. The molecule has 2 aromatic heterocycles. The van der Waals surface area contributed by atoms with Gasteiger partial charge in [0.15, 0.2) is 10.8 Å². The van der Waals surface area contributed by atoms with E-state index in [4.69, 9.17) is 12.2 Å². The third-order valence-corrected chi connectivity index (χ3v) is 2.05. The van der Waals surface area contributed by atoms with E-state index in [1.807, 2.05) is 0 Å². The molecule has 0 radical (unpaired) electrons. The van der Waals surface area contributed by atoms with Gasteiger partial charge in [0.1, 0.15) is 11.8 Å². The molecule has 2 rings (SSSR count). The van der Waals surface area contributed by atoms with Crippen LogP contribution in [0.25, 0.3) is 11.2 Å². The summed E-state index contributed by atoms with van der Waals surface area (Å²) in [5.41, 5.74) is 1.36. The van der Waals surface area contributed by atoms with Gasteiger partial charge in [-0.25, -0.2) is 9.97 Å². The van der Waals surface area contributed by atoms with Crippen molar-refractivity contribution >= 4 is 34.4 Å². The minimum absolute atomic E-state index is 0.479. The maximum Gasteiger partial charge on any atom is 0.209 e. The normalized spacial score (nSPS) is 10.0. The number of hydrogen-bond donors (Lipinski definition) is 3. The zero-order valence-electron chi connectivity index (χ0n) is 8.40. The number of thiocarbonyl (C=S) groups is 1. The van der Waals surface area contributed by atoms with Gasteiger partial charge in [-0.2, -0.15) is 4.98 Å². The SMILES string of the molecule is C=CCNC(=S)Nc1nc2ncncc2[nH]1.